The number of rotatable bonds is 7. The number of carboxylic acid groups (broad SMARTS) is 1. The number of hydrogen-bond acceptors (Lipinski definition) is 4. The molecule has 1 heterocycles. The van der Waals surface area contributed by atoms with E-state index in [1.165, 1.54) is 0 Å². The number of hydrogen-bond donors (Lipinski definition) is 1. The Morgan fingerprint density at radius 2 is 1.59 bits per heavy atom. The van der Waals surface area contributed by atoms with E-state index in [4.69, 9.17) is 14.6 Å². The number of amides is 1. The summed E-state index contributed by atoms with van der Waals surface area (Å²) in [5, 5.41) is 10.3. The third kappa shape index (κ3) is 3.51. The molecule has 0 saturated carbocycles. The average molecular weight is 441 g/mol. The first-order valence-corrected chi connectivity index (χ1v) is 10.2. The number of halogens is 2. The largest absolute Gasteiger partial charge is 0.493 e. The van der Waals surface area contributed by atoms with Crippen molar-refractivity contribution in [1.29, 1.82) is 0 Å². The van der Waals surface area contributed by atoms with Crippen LogP contribution in [0.3, 0.4) is 0 Å². The molecule has 3 aromatic rings. The fourth-order valence-corrected chi connectivity index (χ4v) is 4.11. The van der Waals surface area contributed by atoms with Gasteiger partial charge in [0, 0.05) is 16.3 Å². The van der Waals surface area contributed by atoms with Crippen molar-refractivity contribution < 1.29 is 33.0 Å². The van der Waals surface area contributed by atoms with E-state index in [1.807, 2.05) is 25.1 Å². The number of ether oxygens (including phenoxy) is 2. The van der Waals surface area contributed by atoms with Crippen molar-refractivity contribution in [3.8, 4) is 11.5 Å². The van der Waals surface area contributed by atoms with Gasteiger partial charge in [0.25, 0.3) is 5.91 Å². The number of anilines is 1. The second kappa shape index (κ2) is 8.45. The standard InChI is InChI=1S/C24H21F2NO5/c1-3-31-22-14-7-5-6-8-15(14)23(32-4-2)20-16(22)12-27(24(20)30)21-17(25)9-13(10-18(21)26)11-19(28)29/h5-10H,3-4,11-12H2,1-2H3,(H,28,29). The highest BCUT2D eigenvalue weighted by atomic mass is 19.1. The highest BCUT2D eigenvalue weighted by Crippen LogP contribution is 2.46. The van der Waals surface area contributed by atoms with Crippen molar-refractivity contribution in [2.75, 3.05) is 18.1 Å². The summed E-state index contributed by atoms with van der Waals surface area (Å²) in [6, 6.07) is 9.17. The lowest BCUT2D eigenvalue weighted by Crippen LogP contribution is -2.26. The van der Waals surface area contributed by atoms with Gasteiger partial charge in [-0.15, -0.1) is 0 Å². The maximum Gasteiger partial charge on any atom is 0.307 e. The quantitative estimate of drug-likeness (QED) is 0.575. The van der Waals surface area contributed by atoms with Crippen LogP contribution in [-0.2, 0) is 17.8 Å². The molecule has 1 aliphatic rings. The van der Waals surface area contributed by atoms with Gasteiger partial charge in [0.05, 0.1) is 31.7 Å². The third-order valence-corrected chi connectivity index (χ3v) is 5.27. The summed E-state index contributed by atoms with van der Waals surface area (Å²) in [4.78, 5) is 25.3. The molecule has 0 atom stereocenters. The molecule has 0 saturated heterocycles. The van der Waals surface area contributed by atoms with Crippen molar-refractivity contribution in [2.45, 2.75) is 26.8 Å². The molecule has 6 nitrogen and oxygen atoms in total. The van der Waals surface area contributed by atoms with E-state index in [0.717, 1.165) is 22.4 Å². The van der Waals surface area contributed by atoms with E-state index < -0.39 is 35.6 Å². The van der Waals surface area contributed by atoms with E-state index in [0.29, 0.717) is 35.7 Å². The minimum Gasteiger partial charge on any atom is -0.493 e. The smallest absolute Gasteiger partial charge is 0.307 e. The highest BCUT2D eigenvalue weighted by Gasteiger charge is 2.39. The SMILES string of the molecule is CCOc1c2c(c(OCC)c3ccccc13)C(=O)N(c1c(F)cc(CC(=O)O)cc1F)C2. The fraction of sp³-hybridized carbons (Fsp3) is 0.250. The lowest BCUT2D eigenvalue weighted by Gasteiger charge is -2.18. The molecule has 0 bridgehead atoms. The van der Waals surface area contributed by atoms with Crippen LogP contribution in [0.25, 0.3) is 10.8 Å². The first kappa shape index (κ1) is 21.5. The molecule has 1 N–H and O–H groups in total. The summed E-state index contributed by atoms with van der Waals surface area (Å²) >= 11 is 0. The topological polar surface area (TPSA) is 76.1 Å². The van der Waals surface area contributed by atoms with Gasteiger partial charge in [0.2, 0.25) is 0 Å². The van der Waals surface area contributed by atoms with Crippen LogP contribution in [0, 0.1) is 11.6 Å². The summed E-state index contributed by atoms with van der Waals surface area (Å²) in [6.45, 7) is 4.12. The molecule has 1 amide bonds. The van der Waals surface area contributed by atoms with Crippen LogP contribution in [0.4, 0.5) is 14.5 Å². The molecule has 8 heteroatoms. The van der Waals surface area contributed by atoms with Crippen LogP contribution in [-0.4, -0.2) is 30.2 Å². The molecule has 0 aliphatic carbocycles. The molecule has 0 fully saturated rings. The molecular formula is C24H21F2NO5. The minimum atomic E-state index is -1.21. The maximum atomic E-state index is 14.9. The van der Waals surface area contributed by atoms with E-state index in [2.05, 4.69) is 0 Å². The fourth-order valence-electron chi connectivity index (χ4n) is 4.11. The highest BCUT2D eigenvalue weighted by molar-refractivity contribution is 6.17. The zero-order valence-electron chi connectivity index (χ0n) is 17.6. The summed E-state index contributed by atoms with van der Waals surface area (Å²) < 4.78 is 41.5. The average Bonchev–Trinajstić information content (AvgIpc) is 3.06. The first-order chi connectivity index (χ1) is 15.4. The Labute approximate surface area is 183 Å². The molecule has 166 valence electrons. The van der Waals surface area contributed by atoms with Gasteiger partial charge >= 0.3 is 5.97 Å². The molecular weight excluding hydrogens is 420 g/mol. The molecule has 3 aromatic carbocycles. The summed E-state index contributed by atoms with van der Waals surface area (Å²) in [5.41, 5.74) is 0.139. The number of fused-ring (bicyclic) bond motifs is 2. The molecule has 1 aliphatic heterocycles. The number of nitrogens with zero attached hydrogens (tertiary/aromatic N) is 1. The van der Waals surface area contributed by atoms with Gasteiger partial charge in [-0.1, -0.05) is 24.3 Å². The van der Waals surface area contributed by atoms with E-state index in [9.17, 15) is 18.4 Å². The zero-order chi connectivity index (χ0) is 23.0. The van der Waals surface area contributed by atoms with Crippen molar-refractivity contribution in [1.82, 2.24) is 0 Å². The third-order valence-electron chi connectivity index (χ3n) is 5.27. The molecule has 0 unspecified atom stereocenters. The Bertz CT molecular complexity index is 1220. The number of carboxylic acids is 1. The van der Waals surface area contributed by atoms with Crippen molar-refractivity contribution >= 4 is 28.3 Å². The Balaban J connectivity index is 1.90. The molecule has 32 heavy (non-hydrogen) atoms. The van der Waals surface area contributed by atoms with E-state index in [1.54, 1.807) is 13.0 Å². The Morgan fingerprint density at radius 1 is 1.03 bits per heavy atom. The van der Waals surface area contributed by atoms with Crippen LogP contribution in [0.1, 0.15) is 35.3 Å². The Hall–Kier alpha value is -3.68. The molecule has 4 rings (SSSR count). The van der Waals surface area contributed by atoms with Gasteiger partial charge in [-0.25, -0.2) is 8.78 Å². The van der Waals surface area contributed by atoms with Crippen LogP contribution in [0.5, 0.6) is 11.5 Å². The Kier molecular flexibility index (Phi) is 5.69. The normalized spacial score (nSPS) is 12.9. The lowest BCUT2D eigenvalue weighted by molar-refractivity contribution is -0.136. The second-order valence-electron chi connectivity index (χ2n) is 7.29. The maximum absolute atomic E-state index is 14.9. The zero-order valence-corrected chi connectivity index (χ0v) is 17.6. The van der Waals surface area contributed by atoms with Crippen LogP contribution in [0.2, 0.25) is 0 Å². The van der Waals surface area contributed by atoms with Gasteiger partial charge < -0.3 is 14.6 Å². The Morgan fingerprint density at radius 3 is 2.16 bits per heavy atom. The van der Waals surface area contributed by atoms with E-state index in [-0.39, 0.29) is 17.7 Å². The first-order valence-electron chi connectivity index (χ1n) is 10.2. The molecule has 0 radical (unpaired) electrons. The predicted octanol–water partition coefficient (Wildman–Crippen LogP) is 4.70. The van der Waals surface area contributed by atoms with Crippen molar-refractivity contribution in [2.24, 2.45) is 0 Å². The lowest BCUT2D eigenvalue weighted by atomic mass is 9.99. The summed E-state index contributed by atoms with van der Waals surface area (Å²) in [6.07, 6.45) is -0.531. The van der Waals surface area contributed by atoms with Crippen LogP contribution >= 0.6 is 0 Å². The summed E-state index contributed by atoms with van der Waals surface area (Å²) in [7, 11) is 0. The van der Waals surface area contributed by atoms with Gasteiger partial charge in [0.15, 0.2) is 0 Å². The van der Waals surface area contributed by atoms with Gasteiger partial charge in [-0.3, -0.25) is 14.5 Å². The van der Waals surface area contributed by atoms with Gasteiger partial charge in [0.1, 0.15) is 28.8 Å². The second-order valence-corrected chi connectivity index (χ2v) is 7.29. The number of benzene rings is 3. The van der Waals surface area contributed by atoms with Crippen LogP contribution in [0.15, 0.2) is 36.4 Å². The van der Waals surface area contributed by atoms with Crippen LogP contribution < -0.4 is 14.4 Å². The number of carbonyl (C=O) groups is 2. The number of carbonyl (C=O) groups excluding carboxylic acids is 1. The molecule has 0 spiro atoms. The monoisotopic (exact) mass is 441 g/mol. The summed E-state index contributed by atoms with van der Waals surface area (Å²) in [5.74, 6) is -3.03. The minimum absolute atomic E-state index is 0.0313. The predicted molar refractivity (Wildman–Crippen MR) is 114 cm³/mol. The van der Waals surface area contributed by atoms with Gasteiger partial charge in [-0.2, -0.15) is 0 Å². The number of aliphatic carboxylic acids is 1. The van der Waals surface area contributed by atoms with Crippen molar-refractivity contribution in [3.63, 3.8) is 0 Å². The van der Waals surface area contributed by atoms with E-state index >= 15 is 0 Å². The molecule has 0 aromatic heterocycles. The van der Waals surface area contributed by atoms with Crippen molar-refractivity contribution in [3.05, 3.63) is 64.7 Å². The van der Waals surface area contributed by atoms with Gasteiger partial charge in [-0.05, 0) is 31.5 Å².